The molecule has 4 aromatic heterocycles. The Hall–Kier alpha value is -5.16. The van der Waals surface area contributed by atoms with Gasteiger partial charge in [0.15, 0.2) is 17.2 Å². The van der Waals surface area contributed by atoms with Gasteiger partial charge < -0.3 is 9.47 Å². The molecule has 2 aromatic carbocycles. The molecule has 0 saturated heterocycles. The van der Waals surface area contributed by atoms with Gasteiger partial charge in [0, 0.05) is 61.6 Å². The number of halogens is 11. The first kappa shape index (κ1) is 43.6. The minimum absolute atomic E-state index is 0.00681. The molecular formula is C32H24BrCl2F8N9O4. The molecule has 6 rings (SSSR count). The first-order chi connectivity index (χ1) is 26.2. The standard InChI is InChI=1S/C16H11ClF4N4O.C11H7BrClFN2O.C5H6F3N3O2/c1-25-13(5-14(24-25)16(19,20)21)9-6-22-15(23-7-9)26-8-10-11(17)3-2-4-12(10)18;12-7-4-15-11(16-5-7)17-6-8-9(13)2-1-3-10(8)14;1-10-4(11(12)13)2-3(9-10)5(6,7)8/h2-7H,8H2,1H3;1-5H,6H2;2,12-13H,1H3. The van der Waals surface area contributed by atoms with Crippen molar-refractivity contribution in [2.75, 3.05) is 5.23 Å². The number of aryl methyl sites for hydroxylation is 2. The lowest BCUT2D eigenvalue weighted by molar-refractivity contribution is -0.142. The molecule has 24 heteroatoms. The summed E-state index contributed by atoms with van der Waals surface area (Å²) in [6.45, 7) is -0.193. The van der Waals surface area contributed by atoms with E-state index in [1.54, 1.807) is 18.5 Å². The number of hydrogen-bond acceptors (Lipinski definition) is 11. The van der Waals surface area contributed by atoms with E-state index in [1.807, 2.05) is 0 Å². The molecule has 6 aromatic rings. The van der Waals surface area contributed by atoms with Gasteiger partial charge in [0.25, 0.3) is 0 Å². The number of hydrogen-bond donors (Lipinski definition) is 2. The van der Waals surface area contributed by atoms with E-state index in [1.165, 1.54) is 49.8 Å². The molecule has 0 saturated carbocycles. The molecule has 298 valence electrons. The van der Waals surface area contributed by atoms with E-state index in [4.69, 9.17) is 43.1 Å². The molecule has 56 heavy (non-hydrogen) atoms. The van der Waals surface area contributed by atoms with Crippen LogP contribution in [0.2, 0.25) is 10.0 Å². The van der Waals surface area contributed by atoms with Gasteiger partial charge in [-0.3, -0.25) is 15.1 Å². The molecule has 0 spiro atoms. The maximum absolute atomic E-state index is 13.7. The molecule has 4 heterocycles. The van der Waals surface area contributed by atoms with Crippen LogP contribution in [0.3, 0.4) is 0 Å². The Labute approximate surface area is 328 Å². The molecule has 0 aliphatic heterocycles. The third kappa shape index (κ3) is 11.9. The van der Waals surface area contributed by atoms with E-state index < -0.39 is 46.4 Å². The summed E-state index contributed by atoms with van der Waals surface area (Å²) in [6, 6.07) is 10.2. The number of rotatable bonds is 8. The van der Waals surface area contributed by atoms with Crippen molar-refractivity contribution in [3.05, 3.63) is 122 Å². The fraction of sp³-hybridized carbons (Fsp3) is 0.188. The Kier molecular flexibility index (Phi) is 14.5. The van der Waals surface area contributed by atoms with Gasteiger partial charge in [-0.1, -0.05) is 35.3 Å². The van der Waals surface area contributed by atoms with Gasteiger partial charge in [-0.25, -0.2) is 33.4 Å². The Bertz CT molecular complexity index is 2180. The van der Waals surface area contributed by atoms with Crippen molar-refractivity contribution in [2.24, 2.45) is 14.1 Å². The second kappa shape index (κ2) is 18.7. The highest BCUT2D eigenvalue weighted by molar-refractivity contribution is 9.10. The highest BCUT2D eigenvalue weighted by Crippen LogP contribution is 2.32. The zero-order valence-corrected chi connectivity index (χ0v) is 31.3. The van der Waals surface area contributed by atoms with Crippen molar-refractivity contribution >= 4 is 44.9 Å². The molecule has 0 bridgehead atoms. The number of anilines is 1. The van der Waals surface area contributed by atoms with E-state index in [0.29, 0.717) is 26.9 Å². The van der Waals surface area contributed by atoms with Crippen molar-refractivity contribution < 1.29 is 55.0 Å². The van der Waals surface area contributed by atoms with Crippen LogP contribution in [0.5, 0.6) is 12.0 Å². The molecule has 0 radical (unpaired) electrons. The van der Waals surface area contributed by atoms with Crippen LogP contribution in [0, 0.1) is 11.6 Å². The van der Waals surface area contributed by atoms with Gasteiger partial charge >= 0.3 is 24.4 Å². The Balaban J connectivity index is 0.000000200. The number of nitrogens with zero attached hydrogens (tertiary/aromatic N) is 9. The summed E-state index contributed by atoms with van der Waals surface area (Å²) in [6.07, 6.45) is -3.45. The van der Waals surface area contributed by atoms with E-state index in [2.05, 4.69) is 46.1 Å². The van der Waals surface area contributed by atoms with Crippen molar-refractivity contribution in [3.63, 3.8) is 0 Å². The van der Waals surface area contributed by atoms with Crippen LogP contribution < -0.4 is 14.7 Å². The summed E-state index contributed by atoms with van der Waals surface area (Å²) in [5.41, 5.74) is -1.22. The largest absolute Gasteiger partial charge is 0.458 e. The van der Waals surface area contributed by atoms with Crippen LogP contribution in [-0.2, 0) is 39.7 Å². The molecule has 0 unspecified atom stereocenters. The number of alkyl halides is 6. The quantitative estimate of drug-likeness (QED) is 0.111. The topological polar surface area (TPSA) is 149 Å². The average molecular weight is 901 g/mol. The van der Waals surface area contributed by atoms with E-state index in [0.717, 1.165) is 22.3 Å². The van der Waals surface area contributed by atoms with E-state index >= 15 is 0 Å². The summed E-state index contributed by atoms with van der Waals surface area (Å²) in [5, 5.41) is 23.4. The van der Waals surface area contributed by atoms with Gasteiger partial charge in [-0.05, 0) is 46.3 Å². The summed E-state index contributed by atoms with van der Waals surface area (Å²) >= 11 is 15.0. The Morgan fingerprint density at radius 2 is 1.12 bits per heavy atom. The van der Waals surface area contributed by atoms with E-state index in [9.17, 15) is 35.1 Å². The Morgan fingerprint density at radius 3 is 1.50 bits per heavy atom. The lowest BCUT2D eigenvalue weighted by Crippen LogP contribution is -2.14. The van der Waals surface area contributed by atoms with Crippen LogP contribution >= 0.6 is 39.1 Å². The second-order valence-corrected chi connectivity index (χ2v) is 12.5. The first-order valence-electron chi connectivity index (χ1n) is 15.1. The van der Waals surface area contributed by atoms with Gasteiger partial charge in [0.2, 0.25) is 0 Å². The van der Waals surface area contributed by atoms with Crippen LogP contribution in [-0.4, -0.2) is 49.9 Å². The Morgan fingerprint density at radius 1 is 0.696 bits per heavy atom. The smallest absolute Gasteiger partial charge is 0.435 e. The second-order valence-electron chi connectivity index (χ2n) is 10.8. The fourth-order valence-corrected chi connectivity index (χ4v) is 4.81. The SMILES string of the molecule is Cn1nc(C(F)(F)F)cc1-c1cnc(OCc2c(F)cccc2Cl)nc1.Cn1nc(C(F)(F)F)cc1N(O)O.Fc1cccc(Cl)c1COc1ncc(Br)cn1. The third-order valence-corrected chi connectivity index (χ3v) is 7.97. The van der Waals surface area contributed by atoms with Crippen LogP contribution in [0.15, 0.2) is 77.8 Å². The summed E-state index contributed by atoms with van der Waals surface area (Å²) < 4.78 is 114. The highest BCUT2D eigenvalue weighted by atomic mass is 79.9. The van der Waals surface area contributed by atoms with Crippen molar-refractivity contribution in [1.82, 2.24) is 39.5 Å². The number of ether oxygens (including phenoxy) is 2. The minimum Gasteiger partial charge on any atom is -0.458 e. The van der Waals surface area contributed by atoms with Crippen LogP contribution in [0.1, 0.15) is 22.5 Å². The first-order valence-corrected chi connectivity index (χ1v) is 16.6. The van der Waals surface area contributed by atoms with Gasteiger partial charge in [-0.2, -0.15) is 36.5 Å². The van der Waals surface area contributed by atoms with Gasteiger partial charge in [0.05, 0.1) is 20.2 Å². The lowest BCUT2D eigenvalue weighted by Gasteiger charge is -2.07. The summed E-state index contributed by atoms with van der Waals surface area (Å²) in [4.78, 5) is 15.7. The maximum Gasteiger partial charge on any atom is 0.435 e. The number of aromatic nitrogens is 8. The van der Waals surface area contributed by atoms with Crippen molar-refractivity contribution in [2.45, 2.75) is 25.6 Å². The minimum atomic E-state index is -4.59. The normalized spacial score (nSPS) is 11.3. The van der Waals surface area contributed by atoms with Crippen molar-refractivity contribution in [3.8, 4) is 23.3 Å². The molecule has 0 fully saturated rings. The average Bonchev–Trinajstić information content (AvgIpc) is 3.73. The molecule has 0 atom stereocenters. The van der Waals surface area contributed by atoms with Crippen LogP contribution in [0.4, 0.5) is 40.9 Å². The summed E-state index contributed by atoms with van der Waals surface area (Å²) in [5.74, 6) is -1.40. The zero-order chi connectivity index (χ0) is 41.4. The van der Waals surface area contributed by atoms with Crippen molar-refractivity contribution in [1.29, 1.82) is 0 Å². The van der Waals surface area contributed by atoms with Gasteiger partial charge in [-0.15, -0.1) is 5.23 Å². The zero-order valence-electron chi connectivity index (χ0n) is 28.2. The van der Waals surface area contributed by atoms with Crippen LogP contribution in [0.25, 0.3) is 11.3 Å². The molecule has 0 amide bonds. The molecule has 0 aliphatic rings. The molecular weight excluding hydrogens is 877 g/mol. The molecule has 13 nitrogen and oxygen atoms in total. The molecule has 0 aliphatic carbocycles. The molecule has 2 N–H and O–H groups in total. The monoisotopic (exact) mass is 899 g/mol. The highest BCUT2D eigenvalue weighted by Gasteiger charge is 2.36. The maximum atomic E-state index is 13.7. The lowest BCUT2D eigenvalue weighted by atomic mass is 10.2. The van der Waals surface area contributed by atoms with E-state index in [-0.39, 0.29) is 41.5 Å². The number of benzene rings is 2. The fourth-order valence-electron chi connectivity index (χ4n) is 4.17. The van der Waals surface area contributed by atoms with Gasteiger partial charge in [0.1, 0.15) is 24.8 Å². The predicted octanol–water partition coefficient (Wildman–Crippen LogP) is 8.90. The summed E-state index contributed by atoms with van der Waals surface area (Å²) in [7, 11) is 2.54. The third-order valence-electron chi connectivity index (χ3n) is 6.86. The predicted molar refractivity (Wildman–Crippen MR) is 185 cm³/mol.